The number of nitriles is 1. The second-order valence-electron chi connectivity index (χ2n) is 2.80. The van der Waals surface area contributed by atoms with Crippen molar-refractivity contribution in [3.8, 4) is 6.07 Å². The molecule has 0 aliphatic heterocycles. The quantitative estimate of drug-likeness (QED) is 0.921. The molecule has 0 fully saturated rings. The Balaban J connectivity index is 3.26. The molecule has 1 aromatic heterocycles. The molecule has 0 aliphatic rings. The van der Waals surface area contributed by atoms with Gasteiger partial charge in [-0.05, 0) is 27.6 Å². The molecule has 0 unspecified atom stereocenters. The summed E-state index contributed by atoms with van der Waals surface area (Å²) < 4.78 is 25.7. The van der Waals surface area contributed by atoms with Crippen LogP contribution in [0.4, 0.5) is 8.78 Å². The molecule has 0 aliphatic carbocycles. The smallest absolute Gasteiger partial charge is 0.280 e. The molecule has 3 nitrogen and oxygen atoms in total. The van der Waals surface area contributed by atoms with Crippen LogP contribution in [0.3, 0.4) is 0 Å². The van der Waals surface area contributed by atoms with E-state index in [0.717, 1.165) is 0 Å². The van der Waals surface area contributed by atoms with Crippen LogP contribution in [0.1, 0.15) is 23.4 Å². The van der Waals surface area contributed by atoms with E-state index in [4.69, 9.17) is 11.0 Å². The lowest BCUT2D eigenvalue weighted by atomic mass is 10.1. The fourth-order valence-corrected chi connectivity index (χ4v) is 1.67. The molecule has 0 aromatic carbocycles. The van der Waals surface area contributed by atoms with Gasteiger partial charge in [-0.1, -0.05) is 0 Å². The Morgan fingerprint density at radius 2 is 2.27 bits per heavy atom. The predicted octanol–water partition coefficient (Wildman–Crippen LogP) is 2.31. The summed E-state index contributed by atoms with van der Waals surface area (Å²) in [7, 11) is 0. The zero-order chi connectivity index (χ0) is 11.4. The number of halogens is 3. The topological polar surface area (TPSA) is 62.7 Å². The second-order valence-corrected chi connectivity index (χ2v) is 3.66. The molecule has 0 saturated carbocycles. The summed E-state index contributed by atoms with van der Waals surface area (Å²) in [6.45, 7) is 0.0765. The van der Waals surface area contributed by atoms with Gasteiger partial charge in [0.15, 0.2) is 0 Å². The standard InChI is InChI=1S/C9H8BrF2N3/c10-6-3-5(1-2-13)8(9(11)12)15-7(6)4-14/h3,9H,1,4,14H2. The van der Waals surface area contributed by atoms with Crippen LogP contribution >= 0.6 is 15.9 Å². The minimum absolute atomic E-state index is 0.0765. The molecule has 0 amide bonds. The molecule has 1 heterocycles. The van der Waals surface area contributed by atoms with E-state index in [1.165, 1.54) is 6.07 Å². The van der Waals surface area contributed by atoms with Crippen LogP contribution in [-0.2, 0) is 13.0 Å². The van der Waals surface area contributed by atoms with Crippen LogP contribution in [-0.4, -0.2) is 4.98 Å². The summed E-state index contributed by atoms with van der Waals surface area (Å²) in [5.41, 5.74) is 5.58. The van der Waals surface area contributed by atoms with Gasteiger partial charge in [-0.3, -0.25) is 0 Å². The maximum atomic E-state index is 12.6. The first-order valence-corrected chi connectivity index (χ1v) is 4.92. The second kappa shape index (κ2) is 5.14. The van der Waals surface area contributed by atoms with Crippen LogP contribution in [0.15, 0.2) is 10.5 Å². The number of hydrogen-bond acceptors (Lipinski definition) is 3. The lowest BCUT2D eigenvalue weighted by Crippen LogP contribution is -2.07. The molecule has 0 bridgehead atoms. The van der Waals surface area contributed by atoms with Crippen molar-refractivity contribution in [1.29, 1.82) is 5.26 Å². The van der Waals surface area contributed by atoms with Crippen LogP contribution in [0.5, 0.6) is 0 Å². The molecule has 1 rings (SSSR count). The van der Waals surface area contributed by atoms with Gasteiger partial charge in [0.2, 0.25) is 0 Å². The zero-order valence-electron chi connectivity index (χ0n) is 7.67. The molecule has 15 heavy (non-hydrogen) atoms. The van der Waals surface area contributed by atoms with Crippen molar-refractivity contribution in [2.75, 3.05) is 0 Å². The van der Waals surface area contributed by atoms with Gasteiger partial charge in [0.1, 0.15) is 5.69 Å². The maximum Gasteiger partial charge on any atom is 0.280 e. The number of alkyl halides is 2. The van der Waals surface area contributed by atoms with Gasteiger partial charge in [0.05, 0.1) is 18.2 Å². The molecule has 6 heteroatoms. The van der Waals surface area contributed by atoms with E-state index in [0.29, 0.717) is 10.2 Å². The summed E-state index contributed by atoms with van der Waals surface area (Å²) in [6.07, 6.45) is -2.78. The molecule has 0 radical (unpaired) electrons. The third-order valence-electron chi connectivity index (χ3n) is 1.83. The van der Waals surface area contributed by atoms with Crippen molar-refractivity contribution in [2.24, 2.45) is 5.73 Å². The number of rotatable bonds is 3. The Morgan fingerprint density at radius 3 is 2.73 bits per heavy atom. The Bertz CT molecular complexity index is 401. The average molecular weight is 276 g/mol. The highest BCUT2D eigenvalue weighted by Gasteiger charge is 2.17. The minimum Gasteiger partial charge on any atom is -0.325 e. The number of nitrogens with two attached hydrogens (primary N) is 1. The maximum absolute atomic E-state index is 12.6. The Morgan fingerprint density at radius 1 is 1.60 bits per heavy atom. The highest BCUT2D eigenvalue weighted by atomic mass is 79.9. The van der Waals surface area contributed by atoms with E-state index in [1.54, 1.807) is 0 Å². The van der Waals surface area contributed by atoms with Gasteiger partial charge in [-0.2, -0.15) is 5.26 Å². The lowest BCUT2D eigenvalue weighted by molar-refractivity contribution is 0.144. The minimum atomic E-state index is -2.69. The first-order valence-electron chi connectivity index (χ1n) is 4.13. The highest BCUT2D eigenvalue weighted by molar-refractivity contribution is 9.10. The van der Waals surface area contributed by atoms with Gasteiger partial charge in [0, 0.05) is 11.0 Å². The molecular weight excluding hydrogens is 268 g/mol. The van der Waals surface area contributed by atoms with E-state index in [1.807, 2.05) is 6.07 Å². The fourth-order valence-electron chi connectivity index (χ4n) is 1.14. The molecule has 0 saturated heterocycles. The number of hydrogen-bond donors (Lipinski definition) is 1. The van der Waals surface area contributed by atoms with Crippen LogP contribution < -0.4 is 5.73 Å². The molecule has 2 N–H and O–H groups in total. The van der Waals surface area contributed by atoms with Crippen LogP contribution in [0.2, 0.25) is 0 Å². The normalized spacial score (nSPS) is 10.4. The third kappa shape index (κ3) is 2.70. The first kappa shape index (κ1) is 12.0. The van der Waals surface area contributed by atoms with E-state index in [9.17, 15) is 8.78 Å². The molecule has 1 aromatic rings. The number of nitrogens with zero attached hydrogens (tertiary/aromatic N) is 2. The van der Waals surface area contributed by atoms with E-state index in [2.05, 4.69) is 20.9 Å². The van der Waals surface area contributed by atoms with Crippen molar-refractivity contribution in [3.63, 3.8) is 0 Å². The Labute approximate surface area is 94.0 Å². The SMILES string of the molecule is N#CCc1cc(Br)c(CN)nc1C(F)F. The number of aromatic nitrogens is 1. The fraction of sp³-hybridized carbons (Fsp3) is 0.333. The number of pyridine rings is 1. The average Bonchev–Trinajstić information content (AvgIpc) is 2.18. The van der Waals surface area contributed by atoms with Gasteiger partial charge < -0.3 is 5.73 Å². The summed E-state index contributed by atoms with van der Waals surface area (Å²) in [4.78, 5) is 3.74. The van der Waals surface area contributed by atoms with Gasteiger partial charge in [-0.25, -0.2) is 13.8 Å². The van der Waals surface area contributed by atoms with E-state index in [-0.39, 0.29) is 24.2 Å². The third-order valence-corrected chi connectivity index (χ3v) is 2.52. The van der Waals surface area contributed by atoms with Crippen molar-refractivity contribution in [1.82, 2.24) is 4.98 Å². The van der Waals surface area contributed by atoms with Crippen molar-refractivity contribution in [3.05, 3.63) is 27.5 Å². The van der Waals surface area contributed by atoms with Crippen LogP contribution in [0, 0.1) is 11.3 Å². The zero-order valence-corrected chi connectivity index (χ0v) is 9.26. The molecule has 0 atom stereocenters. The van der Waals surface area contributed by atoms with Crippen LogP contribution in [0.25, 0.3) is 0 Å². The molecular formula is C9H8BrF2N3. The first-order chi connectivity index (χ1) is 7.10. The lowest BCUT2D eigenvalue weighted by Gasteiger charge is -2.09. The van der Waals surface area contributed by atoms with Crippen molar-refractivity contribution >= 4 is 15.9 Å². The van der Waals surface area contributed by atoms with E-state index >= 15 is 0 Å². The van der Waals surface area contributed by atoms with E-state index < -0.39 is 6.43 Å². The molecule has 0 spiro atoms. The van der Waals surface area contributed by atoms with Crippen molar-refractivity contribution < 1.29 is 8.78 Å². The molecule has 80 valence electrons. The van der Waals surface area contributed by atoms with Gasteiger partial charge in [-0.15, -0.1) is 0 Å². The summed E-state index contributed by atoms with van der Waals surface area (Å²) in [5.74, 6) is 0. The Kier molecular flexibility index (Phi) is 4.12. The summed E-state index contributed by atoms with van der Waals surface area (Å²) in [6, 6.07) is 3.29. The van der Waals surface area contributed by atoms with Gasteiger partial charge >= 0.3 is 0 Å². The van der Waals surface area contributed by atoms with Crippen molar-refractivity contribution in [2.45, 2.75) is 19.4 Å². The monoisotopic (exact) mass is 275 g/mol. The Hall–Kier alpha value is -1.06. The summed E-state index contributed by atoms with van der Waals surface area (Å²) >= 11 is 3.16. The highest BCUT2D eigenvalue weighted by Crippen LogP contribution is 2.26. The largest absolute Gasteiger partial charge is 0.325 e. The summed E-state index contributed by atoms with van der Waals surface area (Å²) in [5, 5.41) is 8.48. The van der Waals surface area contributed by atoms with Gasteiger partial charge in [0.25, 0.3) is 6.43 Å². The predicted molar refractivity (Wildman–Crippen MR) is 54.1 cm³/mol.